The number of aryl methyl sites for hydroxylation is 1. The normalized spacial score (nSPS) is 11.3. The molecule has 0 aliphatic carbocycles. The van der Waals surface area contributed by atoms with E-state index in [0.29, 0.717) is 11.6 Å². The fraction of sp³-hybridized carbons (Fsp3) is 0.312. The van der Waals surface area contributed by atoms with Crippen LogP contribution >= 0.6 is 0 Å². The third-order valence-electron chi connectivity index (χ3n) is 3.68. The van der Waals surface area contributed by atoms with Crippen LogP contribution in [-0.4, -0.2) is 39.5 Å². The van der Waals surface area contributed by atoms with E-state index >= 15 is 0 Å². The maximum Gasteiger partial charge on any atom is 0.329 e. The molecule has 6 heteroatoms. The monoisotopic (exact) mass is 302 g/mol. The summed E-state index contributed by atoms with van der Waals surface area (Å²) < 4.78 is 5.56. The number of oxazole rings is 1. The van der Waals surface area contributed by atoms with E-state index < -0.39 is 17.4 Å². The van der Waals surface area contributed by atoms with Crippen molar-refractivity contribution in [2.75, 3.05) is 7.05 Å². The van der Waals surface area contributed by atoms with Gasteiger partial charge >= 0.3 is 5.97 Å². The Kier molecular flexibility index (Phi) is 4.03. The van der Waals surface area contributed by atoms with Crippen LogP contribution in [0.4, 0.5) is 0 Å². The standard InChI is InChI=1S/C16H18N2O4/c1-10-12(14(19)18(4)16(2,3)15(20)21)22-13(17-10)11-8-6-5-7-9-11/h5-9H,1-4H3,(H,20,21). The van der Waals surface area contributed by atoms with Gasteiger partial charge < -0.3 is 14.4 Å². The van der Waals surface area contributed by atoms with E-state index in [4.69, 9.17) is 4.42 Å². The lowest BCUT2D eigenvalue weighted by molar-refractivity contribution is -0.147. The number of aromatic nitrogens is 1. The summed E-state index contributed by atoms with van der Waals surface area (Å²) in [6.45, 7) is 4.57. The highest BCUT2D eigenvalue weighted by atomic mass is 16.4. The van der Waals surface area contributed by atoms with Crippen molar-refractivity contribution in [2.45, 2.75) is 26.3 Å². The highest BCUT2D eigenvalue weighted by molar-refractivity contribution is 5.96. The van der Waals surface area contributed by atoms with Crippen LogP contribution in [0, 0.1) is 6.92 Å². The molecule has 1 N–H and O–H groups in total. The number of carbonyl (C=O) groups is 2. The third-order valence-corrected chi connectivity index (χ3v) is 3.68. The second-order valence-corrected chi connectivity index (χ2v) is 5.53. The summed E-state index contributed by atoms with van der Waals surface area (Å²) in [5.74, 6) is -1.22. The Morgan fingerprint density at radius 1 is 1.23 bits per heavy atom. The number of hydrogen-bond donors (Lipinski definition) is 1. The van der Waals surface area contributed by atoms with Crippen LogP contribution in [0.3, 0.4) is 0 Å². The van der Waals surface area contributed by atoms with Crippen molar-refractivity contribution in [2.24, 2.45) is 0 Å². The molecular weight excluding hydrogens is 284 g/mol. The number of hydrogen-bond acceptors (Lipinski definition) is 4. The van der Waals surface area contributed by atoms with Crippen LogP contribution in [-0.2, 0) is 4.79 Å². The van der Waals surface area contributed by atoms with Crippen molar-refractivity contribution in [3.63, 3.8) is 0 Å². The molecule has 0 saturated carbocycles. The van der Waals surface area contributed by atoms with Gasteiger partial charge in [-0.05, 0) is 32.9 Å². The van der Waals surface area contributed by atoms with E-state index in [1.807, 2.05) is 30.3 Å². The lowest BCUT2D eigenvalue weighted by Crippen LogP contribution is -2.50. The first-order valence-corrected chi connectivity index (χ1v) is 6.79. The number of nitrogens with zero attached hydrogens (tertiary/aromatic N) is 2. The summed E-state index contributed by atoms with van der Waals surface area (Å²) in [4.78, 5) is 29.1. The molecule has 6 nitrogen and oxygen atoms in total. The molecule has 22 heavy (non-hydrogen) atoms. The maximum absolute atomic E-state index is 12.5. The molecule has 0 bridgehead atoms. The van der Waals surface area contributed by atoms with Crippen molar-refractivity contribution in [3.05, 3.63) is 41.8 Å². The Morgan fingerprint density at radius 3 is 2.36 bits per heavy atom. The first-order valence-electron chi connectivity index (χ1n) is 6.79. The first kappa shape index (κ1) is 15.8. The average Bonchev–Trinajstić information content (AvgIpc) is 2.88. The zero-order valence-corrected chi connectivity index (χ0v) is 13.0. The molecule has 1 aromatic carbocycles. The highest BCUT2D eigenvalue weighted by Crippen LogP contribution is 2.24. The maximum atomic E-state index is 12.5. The van der Waals surface area contributed by atoms with Gasteiger partial charge in [0.25, 0.3) is 5.91 Å². The minimum absolute atomic E-state index is 0.0516. The number of rotatable bonds is 4. The predicted octanol–water partition coefficient (Wildman–Crippen LogP) is 2.59. The van der Waals surface area contributed by atoms with Gasteiger partial charge in [0.2, 0.25) is 11.7 Å². The Bertz CT molecular complexity index is 704. The fourth-order valence-electron chi connectivity index (χ4n) is 1.85. The van der Waals surface area contributed by atoms with E-state index in [1.54, 1.807) is 6.92 Å². The molecule has 1 heterocycles. The second-order valence-electron chi connectivity index (χ2n) is 5.53. The summed E-state index contributed by atoms with van der Waals surface area (Å²) in [5.41, 5.74) is -0.162. The van der Waals surface area contributed by atoms with Crippen molar-refractivity contribution in [3.8, 4) is 11.5 Å². The van der Waals surface area contributed by atoms with Gasteiger partial charge in [0, 0.05) is 12.6 Å². The van der Waals surface area contributed by atoms with Gasteiger partial charge in [-0.15, -0.1) is 0 Å². The quantitative estimate of drug-likeness (QED) is 0.938. The lowest BCUT2D eigenvalue weighted by Gasteiger charge is -2.30. The smallest absolute Gasteiger partial charge is 0.329 e. The van der Waals surface area contributed by atoms with Gasteiger partial charge in [-0.3, -0.25) is 4.79 Å². The average molecular weight is 302 g/mol. The largest absolute Gasteiger partial charge is 0.480 e. The first-order chi connectivity index (χ1) is 10.2. The van der Waals surface area contributed by atoms with E-state index in [2.05, 4.69) is 4.98 Å². The molecule has 116 valence electrons. The van der Waals surface area contributed by atoms with Crippen LogP contribution in [0.25, 0.3) is 11.5 Å². The summed E-state index contributed by atoms with van der Waals surface area (Å²) in [5, 5.41) is 9.22. The number of carbonyl (C=O) groups excluding carboxylic acids is 1. The van der Waals surface area contributed by atoms with Crippen molar-refractivity contribution >= 4 is 11.9 Å². The zero-order valence-electron chi connectivity index (χ0n) is 13.0. The van der Waals surface area contributed by atoms with Crippen LogP contribution in [0.15, 0.2) is 34.7 Å². The van der Waals surface area contributed by atoms with Crippen LogP contribution in [0.5, 0.6) is 0 Å². The van der Waals surface area contributed by atoms with Crippen molar-refractivity contribution in [1.29, 1.82) is 0 Å². The molecule has 0 aliphatic heterocycles. The number of amides is 1. The molecule has 0 spiro atoms. The topological polar surface area (TPSA) is 83.6 Å². The molecule has 1 aromatic heterocycles. The summed E-state index contributed by atoms with van der Waals surface area (Å²) >= 11 is 0. The van der Waals surface area contributed by atoms with Crippen molar-refractivity contribution < 1.29 is 19.1 Å². The number of aliphatic carboxylic acids is 1. The number of carboxylic acid groups (broad SMARTS) is 1. The molecule has 0 radical (unpaired) electrons. The zero-order chi connectivity index (χ0) is 16.5. The minimum atomic E-state index is -1.34. The molecule has 0 saturated heterocycles. The second kappa shape index (κ2) is 5.63. The van der Waals surface area contributed by atoms with Gasteiger partial charge in [-0.1, -0.05) is 18.2 Å². The molecule has 0 atom stereocenters. The van der Waals surface area contributed by atoms with Crippen LogP contribution in [0.2, 0.25) is 0 Å². The molecule has 2 aromatic rings. The summed E-state index contributed by atoms with van der Waals surface area (Å²) in [6, 6.07) is 9.20. The molecule has 1 amide bonds. The fourth-order valence-corrected chi connectivity index (χ4v) is 1.85. The lowest BCUT2D eigenvalue weighted by atomic mass is 10.0. The molecule has 2 rings (SSSR count). The third kappa shape index (κ3) is 2.72. The Hall–Kier alpha value is -2.63. The minimum Gasteiger partial charge on any atom is -0.480 e. The van der Waals surface area contributed by atoms with Crippen LogP contribution < -0.4 is 0 Å². The molecule has 0 aliphatic rings. The van der Waals surface area contributed by atoms with Gasteiger partial charge in [-0.2, -0.15) is 0 Å². The number of likely N-dealkylation sites (N-methyl/N-ethyl adjacent to an activating group) is 1. The highest BCUT2D eigenvalue weighted by Gasteiger charge is 2.37. The van der Waals surface area contributed by atoms with E-state index in [1.165, 1.54) is 20.9 Å². The molecule has 0 fully saturated rings. The molecule has 0 unspecified atom stereocenters. The van der Waals surface area contributed by atoms with E-state index in [-0.39, 0.29) is 5.76 Å². The summed E-state index contributed by atoms with van der Waals surface area (Å²) in [7, 11) is 1.43. The van der Waals surface area contributed by atoms with Crippen LogP contribution in [0.1, 0.15) is 30.1 Å². The van der Waals surface area contributed by atoms with Gasteiger partial charge in [0.15, 0.2) is 0 Å². The number of benzene rings is 1. The molecular formula is C16H18N2O4. The van der Waals surface area contributed by atoms with Gasteiger partial charge in [-0.25, -0.2) is 9.78 Å². The number of carboxylic acids is 1. The summed E-state index contributed by atoms with van der Waals surface area (Å²) in [6.07, 6.45) is 0. The van der Waals surface area contributed by atoms with E-state index in [9.17, 15) is 14.7 Å². The Balaban J connectivity index is 2.36. The predicted molar refractivity (Wildman–Crippen MR) is 80.5 cm³/mol. The van der Waals surface area contributed by atoms with E-state index in [0.717, 1.165) is 10.5 Å². The van der Waals surface area contributed by atoms with Gasteiger partial charge in [0.05, 0.1) is 5.69 Å². The SMILES string of the molecule is Cc1nc(-c2ccccc2)oc1C(=O)N(C)C(C)(C)C(=O)O. The Morgan fingerprint density at radius 2 is 1.82 bits per heavy atom. The Labute approximate surface area is 128 Å². The van der Waals surface area contributed by atoms with Gasteiger partial charge in [0.1, 0.15) is 5.54 Å². The van der Waals surface area contributed by atoms with Crippen molar-refractivity contribution in [1.82, 2.24) is 9.88 Å².